The molecule has 0 aliphatic carbocycles. The Labute approximate surface area is 144 Å². The average molecular weight is 418 g/mol. The Morgan fingerprint density at radius 3 is 2.73 bits per heavy atom. The van der Waals surface area contributed by atoms with Gasteiger partial charge >= 0.3 is 0 Å². The fourth-order valence-corrected chi connectivity index (χ4v) is 4.40. The second-order valence-corrected chi connectivity index (χ2v) is 7.67. The van der Waals surface area contributed by atoms with E-state index in [1.54, 1.807) is 7.05 Å². The molecule has 0 radical (unpaired) electrons. The summed E-state index contributed by atoms with van der Waals surface area (Å²) in [7, 11) is -0.607. The molecule has 0 aromatic heterocycles. The zero-order chi connectivity index (χ0) is 15.6. The van der Waals surface area contributed by atoms with Crippen molar-refractivity contribution in [2.75, 3.05) is 27.2 Å². The normalized spacial score (nSPS) is 19.5. The van der Waals surface area contributed by atoms with E-state index in [4.69, 9.17) is 4.74 Å². The number of hydrogen-bond acceptors (Lipinski definition) is 4. The van der Waals surface area contributed by atoms with Crippen LogP contribution in [0.3, 0.4) is 0 Å². The van der Waals surface area contributed by atoms with Crippen molar-refractivity contribution >= 4 is 38.4 Å². The lowest BCUT2D eigenvalue weighted by Crippen LogP contribution is -2.46. The third-order valence-electron chi connectivity index (χ3n) is 3.62. The molecule has 1 unspecified atom stereocenters. The molecule has 2 rings (SSSR count). The van der Waals surface area contributed by atoms with Crippen molar-refractivity contribution in [2.45, 2.75) is 23.8 Å². The highest BCUT2D eigenvalue weighted by Crippen LogP contribution is 2.32. The van der Waals surface area contributed by atoms with Crippen LogP contribution in [0.25, 0.3) is 0 Å². The van der Waals surface area contributed by atoms with Crippen LogP contribution in [0.5, 0.6) is 5.75 Å². The molecule has 22 heavy (non-hydrogen) atoms. The van der Waals surface area contributed by atoms with Gasteiger partial charge < -0.3 is 10.1 Å². The first-order chi connectivity index (χ1) is 9.90. The van der Waals surface area contributed by atoms with Gasteiger partial charge in [-0.15, -0.1) is 12.4 Å². The second kappa shape index (κ2) is 7.92. The number of likely N-dealkylation sites (N-methyl/N-ethyl adjacent to an activating group) is 1. The minimum atomic E-state index is -3.78. The Kier molecular flexibility index (Phi) is 7.07. The molecule has 1 saturated heterocycles. The number of piperidine rings is 1. The minimum Gasteiger partial charge on any atom is -0.495 e. The van der Waals surface area contributed by atoms with Crippen LogP contribution in [0, 0.1) is 5.82 Å². The van der Waals surface area contributed by atoms with E-state index < -0.39 is 15.8 Å². The predicted molar refractivity (Wildman–Crippen MR) is 88.7 cm³/mol. The molecule has 1 aromatic carbocycles. The Morgan fingerprint density at radius 2 is 2.14 bits per heavy atom. The monoisotopic (exact) mass is 416 g/mol. The molecule has 1 aliphatic heterocycles. The van der Waals surface area contributed by atoms with E-state index in [0.29, 0.717) is 13.1 Å². The first kappa shape index (κ1) is 19.6. The number of methoxy groups -OCH3 is 1. The summed E-state index contributed by atoms with van der Waals surface area (Å²) in [5.41, 5.74) is 0. The number of nitrogens with zero attached hydrogens (tertiary/aromatic N) is 1. The first-order valence-electron chi connectivity index (χ1n) is 6.60. The lowest BCUT2D eigenvalue weighted by atomic mass is 10.1. The van der Waals surface area contributed by atoms with Gasteiger partial charge in [0, 0.05) is 19.1 Å². The van der Waals surface area contributed by atoms with Crippen LogP contribution >= 0.6 is 28.3 Å². The van der Waals surface area contributed by atoms with Crippen LogP contribution in [0.4, 0.5) is 4.39 Å². The molecule has 0 spiro atoms. The van der Waals surface area contributed by atoms with Crippen molar-refractivity contribution in [3.05, 3.63) is 22.4 Å². The van der Waals surface area contributed by atoms with Crippen LogP contribution in [-0.4, -0.2) is 46.0 Å². The van der Waals surface area contributed by atoms with E-state index in [1.165, 1.54) is 17.5 Å². The van der Waals surface area contributed by atoms with E-state index in [9.17, 15) is 12.8 Å². The van der Waals surface area contributed by atoms with Crippen LogP contribution in [0.15, 0.2) is 21.5 Å². The Hall–Kier alpha value is -0.410. The van der Waals surface area contributed by atoms with Crippen LogP contribution in [0.1, 0.15) is 12.8 Å². The summed E-state index contributed by atoms with van der Waals surface area (Å²) < 4.78 is 45.8. The minimum absolute atomic E-state index is 0. The summed E-state index contributed by atoms with van der Waals surface area (Å²) in [6.45, 7) is 0.807. The van der Waals surface area contributed by atoms with Gasteiger partial charge in [-0.1, -0.05) is 0 Å². The zero-order valence-electron chi connectivity index (χ0n) is 12.3. The van der Waals surface area contributed by atoms with Gasteiger partial charge in [0.25, 0.3) is 0 Å². The molecule has 0 saturated carbocycles. The van der Waals surface area contributed by atoms with Crippen molar-refractivity contribution in [3.63, 3.8) is 0 Å². The predicted octanol–water partition coefficient (Wildman–Crippen LogP) is 2.39. The van der Waals surface area contributed by atoms with E-state index in [1.807, 2.05) is 0 Å². The summed E-state index contributed by atoms with van der Waals surface area (Å²) in [4.78, 5) is -0.137. The molecule has 0 amide bonds. The van der Waals surface area contributed by atoms with E-state index in [0.717, 1.165) is 18.9 Å². The summed E-state index contributed by atoms with van der Waals surface area (Å²) in [6, 6.07) is 2.45. The molecule has 1 N–H and O–H groups in total. The Bertz CT molecular complexity index is 630. The maximum atomic E-state index is 13.7. The SMILES string of the molecule is CNC1CCCN(S(=O)(=O)c2cc(F)c(Br)cc2OC)C1.Cl. The van der Waals surface area contributed by atoms with Gasteiger partial charge in [0.1, 0.15) is 16.5 Å². The number of benzene rings is 1. The summed E-state index contributed by atoms with van der Waals surface area (Å²) >= 11 is 3.03. The van der Waals surface area contributed by atoms with E-state index in [2.05, 4.69) is 21.2 Å². The molecule has 0 bridgehead atoms. The third-order valence-corrected chi connectivity index (χ3v) is 6.11. The standard InChI is InChI=1S/C13H18BrFN2O3S.ClH/c1-16-9-4-3-5-17(8-9)21(18,19)13-7-11(15)10(14)6-12(13)20-2;/h6-7,9,16H,3-5,8H2,1-2H3;1H. The van der Waals surface area contributed by atoms with Crippen molar-refractivity contribution in [3.8, 4) is 5.75 Å². The van der Waals surface area contributed by atoms with Crippen LogP contribution in [-0.2, 0) is 10.0 Å². The number of halogens is 3. The summed E-state index contributed by atoms with van der Waals surface area (Å²) in [5, 5.41) is 3.09. The van der Waals surface area contributed by atoms with Crippen molar-refractivity contribution < 1.29 is 17.5 Å². The van der Waals surface area contributed by atoms with Crippen molar-refractivity contribution in [1.29, 1.82) is 0 Å². The van der Waals surface area contributed by atoms with E-state index >= 15 is 0 Å². The molecular weight excluding hydrogens is 399 g/mol. The number of ether oxygens (including phenoxy) is 1. The van der Waals surface area contributed by atoms with Crippen molar-refractivity contribution in [2.24, 2.45) is 0 Å². The number of rotatable bonds is 4. The fourth-order valence-electron chi connectivity index (χ4n) is 2.41. The molecule has 1 aromatic rings. The largest absolute Gasteiger partial charge is 0.495 e. The molecule has 1 atom stereocenters. The van der Waals surface area contributed by atoms with Gasteiger partial charge in [0.15, 0.2) is 0 Å². The molecule has 9 heteroatoms. The van der Waals surface area contributed by atoms with Gasteiger partial charge in [-0.05, 0) is 48.0 Å². The molecular formula is C13H19BrClFN2O3S. The average Bonchev–Trinajstić information content (AvgIpc) is 2.49. The molecule has 1 aliphatic rings. The maximum Gasteiger partial charge on any atom is 0.246 e. The lowest BCUT2D eigenvalue weighted by Gasteiger charge is -2.32. The number of hydrogen-bond donors (Lipinski definition) is 1. The summed E-state index contributed by atoms with van der Waals surface area (Å²) in [6.07, 6.45) is 1.69. The first-order valence-corrected chi connectivity index (χ1v) is 8.84. The van der Waals surface area contributed by atoms with Crippen molar-refractivity contribution in [1.82, 2.24) is 9.62 Å². The molecule has 126 valence electrons. The lowest BCUT2D eigenvalue weighted by molar-refractivity contribution is 0.291. The smallest absolute Gasteiger partial charge is 0.246 e. The third kappa shape index (κ3) is 3.91. The number of sulfonamides is 1. The highest BCUT2D eigenvalue weighted by Gasteiger charge is 2.32. The van der Waals surface area contributed by atoms with Gasteiger partial charge in [-0.2, -0.15) is 4.31 Å². The molecule has 1 heterocycles. The summed E-state index contributed by atoms with van der Waals surface area (Å²) in [5.74, 6) is -0.494. The van der Waals surface area contributed by atoms with Gasteiger partial charge in [0.2, 0.25) is 10.0 Å². The number of nitrogens with one attached hydrogen (secondary N) is 1. The topological polar surface area (TPSA) is 58.6 Å². The van der Waals surface area contributed by atoms with E-state index in [-0.39, 0.29) is 33.6 Å². The van der Waals surface area contributed by atoms with Crippen LogP contribution < -0.4 is 10.1 Å². The highest BCUT2D eigenvalue weighted by molar-refractivity contribution is 9.10. The zero-order valence-corrected chi connectivity index (χ0v) is 15.5. The fraction of sp³-hybridized carbons (Fsp3) is 0.538. The Balaban J connectivity index is 0.00000242. The Morgan fingerprint density at radius 1 is 1.45 bits per heavy atom. The van der Waals surface area contributed by atoms with Gasteiger partial charge in [0.05, 0.1) is 11.6 Å². The van der Waals surface area contributed by atoms with Gasteiger partial charge in [-0.3, -0.25) is 0 Å². The second-order valence-electron chi connectivity index (χ2n) is 4.91. The highest BCUT2D eigenvalue weighted by atomic mass is 79.9. The van der Waals surface area contributed by atoms with Gasteiger partial charge in [-0.25, -0.2) is 12.8 Å². The maximum absolute atomic E-state index is 13.7. The quantitative estimate of drug-likeness (QED) is 0.817. The molecule has 5 nitrogen and oxygen atoms in total. The molecule has 1 fully saturated rings. The van der Waals surface area contributed by atoms with Crippen LogP contribution in [0.2, 0.25) is 0 Å².